The molecular formula is C14H20N6O2S. The maximum absolute atomic E-state index is 12.9. The zero-order valence-corrected chi connectivity index (χ0v) is 14.3. The number of hydrogen-bond acceptors (Lipinski definition) is 5. The van der Waals surface area contributed by atoms with Gasteiger partial charge >= 0.3 is 0 Å². The second-order valence-electron chi connectivity index (χ2n) is 6.51. The number of aryl methyl sites for hydroxylation is 2. The van der Waals surface area contributed by atoms with Crippen molar-refractivity contribution in [3.8, 4) is 0 Å². The van der Waals surface area contributed by atoms with E-state index in [9.17, 15) is 8.42 Å². The first-order chi connectivity index (χ1) is 10.9. The van der Waals surface area contributed by atoms with Crippen molar-refractivity contribution in [2.45, 2.75) is 50.2 Å². The average Bonchev–Trinajstić information content (AvgIpc) is 3.13. The van der Waals surface area contributed by atoms with Gasteiger partial charge in [0.25, 0.3) is 10.0 Å². The summed E-state index contributed by atoms with van der Waals surface area (Å²) in [4.78, 5) is 0. The second-order valence-corrected chi connectivity index (χ2v) is 8.40. The fourth-order valence-electron chi connectivity index (χ4n) is 3.29. The predicted octanol–water partition coefficient (Wildman–Crippen LogP) is 0.963. The van der Waals surface area contributed by atoms with Crippen LogP contribution in [0.25, 0.3) is 0 Å². The van der Waals surface area contributed by atoms with Crippen LogP contribution in [0.15, 0.2) is 11.1 Å². The maximum atomic E-state index is 12.9. The standard InChI is InChI=1S/C14H20N6O2S/c1-9-6-13(18(3)17-9)23(21,22)19-7-10(2)20-12(8-19)15-16-14(20)11-4-5-11/h6,10-11H,4-5,7-8H2,1-3H3/t10-/m0/s1. The molecule has 1 aliphatic carbocycles. The van der Waals surface area contributed by atoms with Crippen LogP contribution in [0.2, 0.25) is 0 Å². The fourth-order valence-corrected chi connectivity index (χ4v) is 4.94. The van der Waals surface area contributed by atoms with Gasteiger partial charge in [-0.25, -0.2) is 8.42 Å². The van der Waals surface area contributed by atoms with Crippen LogP contribution in [-0.2, 0) is 23.6 Å². The lowest BCUT2D eigenvalue weighted by atomic mass is 10.2. The summed E-state index contributed by atoms with van der Waals surface area (Å²) in [5.41, 5.74) is 0.690. The first-order valence-corrected chi connectivity index (χ1v) is 9.26. The third kappa shape index (κ3) is 2.29. The largest absolute Gasteiger partial charge is 0.309 e. The van der Waals surface area contributed by atoms with Gasteiger partial charge in [-0.15, -0.1) is 10.2 Å². The van der Waals surface area contributed by atoms with Gasteiger partial charge < -0.3 is 4.57 Å². The maximum Gasteiger partial charge on any atom is 0.260 e. The van der Waals surface area contributed by atoms with Crippen LogP contribution in [0, 0.1) is 6.92 Å². The molecule has 0 bridgehead atoms. The van der Waals surface area contributed by atoms with Crippen molar-refractivity contribution in [1.29, 1.82) is 0 Å². The summed E-state index contributed by atoms with van der Waals surface area (Å²) in [6.07, 6.45) is 2.31. The summed E-state index contributed by atoms with van der Waals surface area (Å²) in [6, 6.07) is 1.64. The van der Waals surface area contributed by atoms with E-state index in [4.69, 9.17) is 0 Å². The van der Waals surface area contributed by atoms with Crippen molar-refractivity contribution in [3.63, 3.8) is 0 Å². The van der Waals surface area contributed by atoms with E-state index in [1.807, 2.05) is 6.92 Å². The molecule has 124 valence electrons. The van der Waals surface area contributed by atoms with E-state index in [1.165, 1.54) is 8.99 Å². The lowest BCUT2D eigenvalue weighted by Crippen LogP contribution is -2.41. The van der Waals surface area contributed by atoms with E-state index >= 15 is 0 Å². The zero-order chi connectivity index (χ0) is 16.4. The minimum absolute atomic E-state index is 0.0356. The van der Waals surface area contributed by atoms with Crippen LogP contribution < -0.4 is 0 Å². The molecule has 1 fully saturated rings. The third-order valence-corrected chi connectivity index (χ3v) is 6.39. The molecule has 9 heteroatoms. The quantitative estimate of drug-likeness (QED) is 0.833. The molecule has 23 heavy (non-hydrogen) atoms. The van der Waals surface area contributed by atoms with E-state index in [0.717, 1.165) is 24.5 Å². The summed E-state index contributed by atoms with van der Waals surface area (Å²) in [6.45, 7) is 4.50. The molecule has 4 rings (SSSR count). The molecular weight excluding hydrogens is 316 g/mol. The van der Waals surface area contributed by atoms with Gasteiger partial charge in [-0.3, -0.25) is 4.68 Å². The number of aromatic nitrogens is 5. The van der Waals surface area contributed by atoms with Crippen LogP contribution >= 0.6 is 0 Å². The summed E-state index contributed by atoms with van der Waals surface area (Å²) < 4.78 is 30.9. The number of nitrogens with zero attached hydrogens (tertiary/aromatic N) is 6. The Morgan fingerprint density at radius 1 is 1.26 bits per heavy atom. The highest BCUT2D eigenvalue weighted by Gasteiger charge is 2.38. The molecule has 1 saturated carbocycles. The fraction of sp³-hybridized carbons (Fsp3) is 0.643. The molecule has 0 amide bonds. The molecule has 8 nitrogen and oxygen atoms in total. The normalized spacial score (nSPS) is 22.3. The molecule has 3 heterocycles. The Kier molecular flexibility index (Phi) is 3.14. The van der Waals surface area contributed by atoms with E-state index in [-0.39, 0.29) is 17.6 Å². The van der Waals surface area contributed by atoms with E-state index in [0.29, 0.717) is 18.2 Å². The molecule has 0 unspecified atom stereocenters. The van der Waals surface area contributed by atoms with Gasteiger partial charge in [0.2, 0.25) is 0 Å². The summed E-state index contributed by atoms with van der Waals surface area (Å²) in [5, 5.41) is 12.9. The average molecular weight is 336 g/mol. The van der Waals surface area contributed by atoms with Gasteiger partial charge in [0.05, 0.1) is 12.2 Å². The summed E-state index contributed by atoms with van der Waals surface area (Å²) in [7, 11) is -1.94. The van der Waals surface area contributed by atoms with Crippen LogP contribution in [0.5, 0.6) is 0 Å². The van der Waals surface area contributed by atoms with E-state index in [2.05, 4.69) is 19.9 Å². The molecule has 0 radical (unpaired) electrons. The van der Waals surface area contributed by atoms with Crippen molar-refractivity contribution < 1.29 is 8.42 Å². The Morgan fingerprint density at radius 2 is 2.00 bits per heavy atom. The van der Waals surface area contributed by atoms with Gasteiger partial charge in [-0.05, 0) is 32.8 Å². The highest BCUT2D eigenvalue weighted by molar-refractivity contribution is 7.89. The van der Waals surface area contributed by atoms with Crippen LogP contribution in [0.1, 0.15) is 49.1 Å². The Balaban J connectivity index is 1.70. The molecule has 0 aromatic carbocycles. The first kappa shape index (κ1) is 14.8. The highest BCUT2D eigenvalue weighted by atomic mass is 32.2. The SMILES string of the molecule is Cc1cc(S(=O)(=O)N2Cc3nnc(C4CC4)n3[C@@H](C)C2)n(C)n1. The van der Waals surface area contributed by atoms with Crippen LogP contribution in [0.4, 0.5) is 0 Å². The minimum atomic E-state index is -3.59. The van der Waals surface area contributed by atoms with E-state index < -0.39 is 10.0 Å². The van der Waals surface area contributed by atoms with Crippen molar-refractivity contribution in [2.75, 3.05) is 6.54 Å². The first-order valence-electron chi connectivity index (χ1n) is 7.82. The molecule has 0 saturated heterocycles. The molecule has 0 N–H and O–H groups in total. The Bertz CT molecular complexity index is 864. The minimum Gasteiger partial charge on any atom is -0.309 e. The lowest BCUT2D eigenvalue weighted by molar-refractivity contribution is 0.285. The number of fused-ring (bicyclic) bond motifs is 1. The van der Waals surface area contributed by atoms with Crippen molar-refractivity contribution in [3.05, 3.63) is 23.4 Å². The topological polar surface area (TPSA) is 85.9 Å². The van der Waals surface area contributed by atoms with Gasteiger partial charge in [0.15, 0.2) is 5.03 Å². The van der Waals surface area contributed by atoms with Crippen molar-refractivity contribution >= 4 is 10.0 Å². The van der Waals surface area contributed by atoms with E-state index in [1.54, 1.807) is 20.0 Å². The van der Waals surface area contributed by atoms with Gasteiger partial charge in [0, 0.05) is 25.6 Å². The smallest absolute Gasteiger partial charge is 0.260 e. The molecule has 1 atom stereocenters. The summed E-state index contributed by atoms with van der Waals surface area (Å²) >= 11 is 0. The monoisotopic (exact) mass is 336 g/mol. The highest BCUT2D eigenvalue weighted by Crippen LogP contribution is 2.41. The van der Waals surface area contributed by atoms with Gasteiger partial charge in [0.1, 0.15) is 11.6 Å². The zero-order valence-electron chi connectivity index (χ0n) is 13.5. The molecule has 2 aromatic rings. The Labute approximate surface area is 135 Å². The molecule has 2 aromatic heterocycles. The van der Waals surface area contributed by atoms with Crippen LogP contribution in [-0.4, -0.2) is 43.8 Å². The Hall–Kier alpha value is -1.74. The molecule has 2 aliphatic rings. The second kappa shape index (κ2) is 4.88. The number of sulfonamides is 1. The molecule has 1 aliphatic heterocycles. The Morgan fingerprint density at radius 3 is 2.61 bits per heavy atom. The van der Waals surface area contributed by atoms with Crippen molar-refractivity contribution in [2.24, 2.45) is 7.05 Å². The molecule has 0 spiro atoms. The van der Waals surface area contributed by atoms with Crippen molar-refractivity contribution in [1.82, 2.24) is 28.9 Å². The lowest BCUT2D eigenvalue weighted by Gasteiger charge is -2.31. The third-order valence-electron chi connectivity index (χ3n) is 4.52. The number of hydrogen-bond donors (Lipinski definition) is 0. The predicted molar refractivity (Wildman–Crippen MR) is 82.2 cm³/mol. The summed E-state index contributed by atoms with van der Waals surface area (Å²) in [5.74, 6) is 2.25. The van der Waals surface area contributed by atoms with Gasteiger partial charge in [-0.1, -0.05) is 0 Å². The van der Waals surface area contributed by atoms with Crippen LogP contribution in [0.3, 0.4) is 0 Å². The number of rotatable bonds is 3. The van der Waals surface area contributed by atoms with Gasteiger partial charge in [-0.2, -0.15) is 9.40 Å².